The van der Waals surface area contributed by atoms with Crippen LogP contribution in [0.4, 0.5) is 5.95 Å². The van der Waals surface area contributed by atoms with Gasteiger partial charge >= 0.3 is 0 Å². The van der Waals surface area contributed by atoms with Crippen LogP contribution in [0.1, 0.15) is 0 Å². The maximum Gasteiger partial charge on any atom is 0.204 e. The lowest BCUT2D eigenvalue weighted by Gasteiger charge is -2.04. The Morgan fingerprint density at radius 1 is 1.10 bits per heavy atom. The number of rotatable bonds is 2. The topological polar surface area (TPSA) is 29.9 Å². The predicted octanol–water partition coefficient (Wildman–Crippen LogP) is 3.85. The zero-order chi connectivity index (χ0) is 13.5. The van der Waals surface area contributed by atoms with Crippen molar-refractivity contribution in [3.05, 3.63) is 42.5 Å². The lowest BCUT2D eigenvalue weighted by Crippen LogP contribution is -1.94. The molecule has 0 fully saturated rings. The summed E-state index contributed by atoms with van der Waals surface area (Å²) in [6, 6.07) is 15.2. The molecule has 2 aromatic carbocycles. The van der Waals surface area contributed by atoms with Crippen LogP contribution in [-0.2, 0) is 6.54 Å². The minimum absolute atomic E-state index is 0.977. The standard InChI is InChI=1S/C16H15N3S/c1-20-13-5-2-11(3-6-13)12-4-7-14-15(10-12)19-9-8-17-16(19)18-14/h2-7,10H,8-9H2,1H3,(H,17,18). The summed E-state index contributed by atoms with van der Waals surface area (Å²) in [4.78, 5) is 5.90. The molecule has 4 heteroatoms. The van der Waals surface area contributed by atoms with E-state index in [2.05, 4.69) is 63.6 Å². The molecule has 0 radical (unpaired) electrons. The molecule has 1 aromatic heterocycles. The molecule has 1 aliphatic rings. The minimum atomic E-state index is 0.977. The molecule has 3 aromatic rings. The van der Waals surface area contributed by atoms with E-state index in [4.69, 9.17) is 0 Å². The van der Waals surface area contributed by atoms with Crippen molar-refractivity contribution < 1.29 is 0 Å². The molecule has 0 unspecified atom stereocenters. The van der Waals surface area contributed by atoms with Crippen LogP contribution in [-0.4, -0.2) is 22.4 Å². The highest BCUT2D eigenvalue weighted by molar-refractivity contribution is 7.98. The molecule has 1 N–H and O–H groups in total. The number of thioether (sulfide) groups is 1. The monoisotopic (exact) mass is 281 g/mol. The SMILES string of the molecule is CSc1ccc(-c2ccc3nc4n(c3c2)CCN4)cc1. The molecule has 0 amide bonds. The van der Waals surface area contributed by atoms with Gasteiger partial charge in [-0.25, -0.2) is 4.98 Å². The largest absolute Gasteiger partial charge is 0.354 e. The summed E-state index contributed by atoms with van der Waals surface area (Å²) in [6.45, 7) is 1.98. The molecule has 0 aliphatic carbocycles. The molecule has 0 atom stereocenters. The third-order valence-electron chi connectivity index (χ3n) is 3.79. The number of nitrogens with one attached hydrogen (secondary N) is 1. The Labute approximate surface area is 122 Å². The molecule has 0 spiro atoms. The van der Waals surface area contributed by atoms with E-state index in [-0.39, 0.29) is 0 Å². The van der Waals surface area contributed by atoms with Crippen LogP contribution < -0.4 is 5.32 Å². The Kier molecular flexibility index (Phi) is 2.70. The van der Waals surface area contributed by atoms with Crippen LogP contribution >= 0.6 is 11.8 Å². The summed E-state index contributed by atoms with van der Waals surface area (Å²) in [5.41, 5.74) is 4.79. The number of hydrogen-bond acceptors (Lipinski definition) is 3. The zero-order valence-electron chi connectivity index (χ0n) is 11.3. The number of aromatic nitrogens is 2. The minimum Gasteiger partial charge on any atom is -0.354 e. The predicted molar refractivity (Wildman–Crippen MR) is 85.4 cm³/mol. The van der Waals surface area contributed by atoms with Gasteiger partial charge in [-0.15, -0.1) is 11.8 Å². The Hall–Kier alpha value is -1.94. The molecule has 20 heavy (non-hydrogen) atoms. The van der Waals surface area contributed by atoms with Crippen LogP contribution in [0.25, 0.3) is 22.2 Å². The molecular weight excluding hydrogens is 266 g/mol. The molecule has 0 saturated carbocycles. The fraction of sp³-hybridized carbons (Fsp3) is 0.188. The van der Waals surface area contributed by atoms with E-state index in [1.807, 2.05) is 0 Å². The van der Waals surface area contributed by atoms with Crippen molar-refractivity contribution in [1.82, 2.24) is 9.55 Å². The fourth-order valence-electron chi connectivity index (χ4n) is 2.73. The molecule has 0 bridgehead atoms. The van der Waals surface area contributed by atoms with Crippen molar-refractivity contribution in [2.75, 3.05) is 18.1 Å². The number of imidazole rings is 1. The van der Waals surface area contributed by atoms with E-state index in [1.54, 1.807) is 11.8 Å². The maximum absolute atomic E-state index is 4.60. The summed E-state index contributed by atoms with van der Waals surface area (Å²) in [6.07, 6.45) is 2.10. The zero-order valence-corrected chi connectivity index (χ0v) is 12.1. The molecule has 0 saturated heterocycles. The first-order valence-corrected chi connectivity index (χ1v) is 7.96. The highest BCUT2D eigenvalue weighted by atomic mass is 32.2. The summed E-state index contributed by atoms with van der Waals surface area (Å²) < 4.78 is 2.26. The summed E-state index contributed by atoms with van der Waals surface area (Å²) >= 11 is 1.77. The average molecular weight is 281 g/mol. The van der Waals surface area contributed by atoms with E-state index >= 15 is 0 Å². The second kappa shape index (κ2) is 4.56. The van der Waals surface area contributed by atoms with Gasteiger partial charge in [0.1, 0.15) is 0 Å². The summed E-state index contributed by atoms with van der Waals surface area (Å²) in [5.74, 6) is 0.995. The average Bonchev–Trinajstić information content (AvgIpc) is 3.07. The van der Waals surface area contributed by atoms with Crippen LogP contribution in [0.3, 0.4) is 0 Å². The molecule has 1 aliphatic heterocycles. The van der Waals surface area contributed by atoms with Crippen LogP contribution in [0, 0.1) is 0 Å². The highest BCUT2D eigenvalue weighted by Crippen LogP contribution is 2.29. The van der Waals surface area contributed by atoms with E-state index in [0.717, 1.165) is 24.6 Å². The van der Waals surface area contributed by atoms with Crippen molar-refractivity contribution in [3.8, 4) is 11.1 Å². The van der Waals surface area contributed by atoms with Gasteiger partial charge in [-0.1, -0.05) is 18.2 Å². The van der Waals surface area contributed by atoms with Crippen LogP contribution in [0.15, 0.2) is 47.4 Å². The Balaban J connectivity index is 1.83. The third kappa shape index (κ3) is 1.79. The Morgan fingerprint density at radius 3 is 2.70 bits per heavy atom. The third-order valence-corrected chi connectivity index (χ3v) is 4.53. The highest BCUT2D eigenvalue weighted by Gasteiger charge is 2.15. The first-order chi connectivity index (χ1) is 9.85. The number of hydrogen-bond donors (Lipinski definition) is 1. The van der Waals surface area contributed by atoms with Crippen molar-refractivity contribution in [1.29, 1.82) is 0 Å². The number of nitrogens with zero attached hydrogens (tertiary/aromatic N) is 2. The van der Waals surface area contributed by atoms with E-state index in [0.29, 0.717) is 0 Å². The van der Waals surface area contributed by atoms with E-state index in [9.17, 15) is 0 Å². The van der Waals surface area contributed by atoms with Crippen molar-refractivity contribution in [3.63, 3.8) is 0 Å². The van der Waals surface area contributed by atoms with Gasteiger partial charge in [0.05, 0.1) is 11.0 Å². The van der Waals surface area contributed by atoms with Gasteiger partial charge in [0, 0.05) is 18.0 Å². The molecule has 3 nitrogen and oxygen atoms in total. The van der Waals surface area contributed by atoms with Crippen LogP contribution in [0.2, 0.25) is 0 Å². The van der Waals surface area contributed by atoms with Crippen molar-refractivity contribution >= 4 is 28.7 Å². The summed E-state index contributed by atoms with van der Waals surface area (Å²) in [7, 11) is 0. The molecule has 2 heterocycles. The number of benzene rings is 2. The number of fused-ring (bicyclic) bond motifs is 3. The van der Waals surface area contributed by atoms with Gasteiger partial charge in [-0.05, 0) is 41.6 Å². The molecule has 4 rings (SSSR count). The van der Waals surface area contributed by atoms with E-state index in [1.165, 1.54) is 21.5 Å². The molecular formula is C16H15N3S. The summed E-state index contributed by atoms with van der Waals surface area (Å²) in [5, 5.41) is 3.31. The smallest absolute Gasteiger partial charge is 0.204 e. The lowest BCUT2D eigenvalue weighted by atomic mass is 10.1. The Morgan fingerprint density at radius 2 is 1.90 bits per heavy atom. The first-order valence-electron chi connectivity index (χ1n) is 6.74. The van der Waals surface area contributed by atoms with Crippen LogP contribution in [0.5, 0.6) is 0 Å². The molecule has 100 valence electrons. The number of anilines is 1. The van der Waals surface area contributed by atoms with Gasteiger partial charge in [0.15, 0.2) is 0 Å². The quantitative estimate of drug-likeness (QED) is 0.724. The fourth-order valence-corrected chi connectivity index (χ4v) is 3.13. The second-order valence-corrected chi connectivity index (χ2v) is 5.83. The maximum atomic E-state index is 4.60. The van der Waals surface area contributed by atoms with Gasteiger partial charge in [-0.3, -0.25) is 0 Å². The van der Waals surface area contributed by atoms with Gasteiger partial charge in [0.25, 0.3) is 0 Å². The van der Waals surface area contributed by atoms with Crippen molar-refractivity contribution in [2.24, 2.45) is 0 Å². The van der Waals surface area contributed by atoms with Gasteiger partial charge in [-0.2, -0.15) is 0 Å². The Bertz CT molecular complexity index is 774. The normalized spacial score (nSPS) is 13.4. The first kappa shape index (κ1) is 11.9. The lowest BCUT2D eigenvalue weighted by molar-refractivity contribution is 0.837. The van der Waals surface area contributed by atoms with E-state index < -0.39 is 0 Å². The van der Waals surface area contributed by atoms with Gasteiger partial charge < -0.3 is 9.88 Å². The van der Waals surface area contributed by atoms with Crippen molar-refractivity contribution in [2.45, 2.75) is 11.4 Å². The van der Waals surface area contributed by atoms with Gasteiger partial charge in [0.2, 0.25) is 5.95 Å². The second-order valence-electron chi connectivity index (χ2n) is 4.95.